The van der Waals surface area contributed by atoms with Crippen LogP contribution in [0.3, 0.4) is 0 Å². The average molecular weight is 651 g/mol. The molecule has 0 amide bonds. The smallest absolute Gasteiger partial charge is 0.116 e. The Morgan fingerprint density at radius 3 is 1.76 bits per heavy atom. The van der Waals surface area contributed by atoms with Crippen molar-refractivity contribution in [2.45, 2.75) is 71.1 Å². The fourth-order valence-electron chi connectivity index (χ4n) is 7.15. The van der Waals surface area contributed by atoms with Gasteiger partial charge in [0.25, 0.3) is 0 Å². The van der Waals surface area contributed by atoms with E-state index >= 15 is 0 Å². The van der Waals surface area contributed by atoms with Crippen molar-refractivity contribution in [2.75, 3.05) is 0 Å². The van der Waals surface area contributed by atoms with E-state index in [0.29, 0.717) is 0 Å². The summed E-state index contributed by atoms with van der Waals surface area (Å²) in [6, 6.07) is 31.9. The molecule has 6 N–H and O–H groups in total. The third-order valence-electron chi connectivity index (χ3n) is 9.63. The molecule has 6 heteroatoms. The highest BCUT2D eigenvalue weighted by Crippen LogP contribution is 2.27. The number of phenolic OH excluding ortho intramolecular Hbond substituents is 2. The molecule has 0 fully saturated rings. The zero-order valence-corrected chi connectivity index (χ0v) is 28.3. The minimum atomic E-state index is 0.233. The molecule has 0 saturated heterocycles. The van der Waals surface area contributed by atoms with Crippen molar-refractivity contribution >= 4 is 22.8 Å². The summed E-state index contributed by atoms with van der Waals surface area (Å²) in [5.41, 5.74) is 9.06. The van der Waals surface area contributed by atoms with Crippen LogP contribution >= 0.6 is 0 Å². The molecule has 0 aliphatic carbocycles. The van der Waals surface area contributed by atoms with Crippen molar-refractivity contribution in [2.24, 2.45) is 0 Å². The van der Waals surface area contributed by atoms with E-state index in [1.807, 2.05) is 36.4 Å². The second-order valence-electron chi connectivity index (χ2n) is 13.3. The van der Waals surface area contributed by atoms with Crippen molar-refractivity contribution < 1.29 is 10.2 Å². The van der Waals surface area contributed by atoms with Gasteiger partial charge < -0.3 is 30.1 Å². The van der Waals surface area contributed by atoms with Gasteiger partial charge in [-0.05, 0) is 108 Å². The summed E-state index contributed by atoms with van der Waals surface area (Å²) in [6.45, 7) is 2.27. The lowest BCUT2D eigenvalue weighted by Crippen LogP contribution is -2.17. The topological polar surface area (TPSA) is 104 Å². The van der Waals surface area contributed by atoms with E-state index in [0.717, 1.165) is 79.3 Å². The molecule has 0 spiro atoms. The van der Waals surface area contributed by atoms with E-state index in [2.05, 4.69) is 81.5 Å². The zero-order valence-electron chi connectivity index (χ0n) is 28.3. The van der Waals surface area contributed by atoms with Crippen LogP contribution in [0.25, 0.3) is 22.8 Å². The fourth-order valence-corrected chi connectivity index (χ4v) is 7.15. The van der Waals surface area contributed by atoms with Gasteiger partial charge >= 0.3 is 0 Å². The van der Waals surface area contributed by atoms with Gasteiger partial charge in [-0.15, -0.1) is 0 Å². The summed E-state index contributed by atoms with van der Waals surface area (Å²) in [5, 5.41) is 24.9. The molecule has 7 rings (SSSR count). The normalized spacial score (nSPS) is 12.8. The Bertz CT molecular complexity index is 2290. The maximum absolute atomic E-state index is 10.4. The van der Waals surface area contributed by atoms with Gasteiger partial charge in [-0.1, -0.05) is 82.6 Å². The van der Waals surface area contributed by atoms with Gasteiger partial charge in [0.2, 0.25) is 0 Å². The summed E-state index contributed by atoms with van der Waals surface area (Å²) in [4.78, 5) is 14.8. The Balaban J connectivity index is 1.37. The number of aromatic hydroxyl groups is 2. The van der Waals surface area contributed by atoms with Crippen LogP contribution in [0.2, 0.25) is 0 Å². The maximum atomic E-state index is 10.4. The summed E-state index contributed by atoms with van der Waals surface area (Å²) < 4.78 is 0. The molecule has 49 heavy (non-hydrogen) atoms. The van der Waals surface area contributed by atoms with Crippen LogP contribution < -0.4 is 21.4 Å². The second kappa shape index (κ2) is 14.8. The van der Waals surface area contributed by atoms with E-state index in [1.54, 1.807) is 12.1 Å². The predicted molar refractivity (Wildman–Crippen MR) is 199 cm³/mol. The summed E-state index contributed by atoms with van der Waals surface area (Å²) in [7, 11) is 0. The van der Waals surface area contributed by atoms with Crippen LogP contribution in [0.4, 0.5) is 0 Å². The Kier molecular flexibility index (Phi) is 9.74. The van der Waals surface area contributed by atoms with Crippen molar-refractivity contribution in [1.29, 1.82) is 0 Å². The van der Waals surface area contributed by atoms with Crippen LogP contribution in [0, 0.1) is 0 Å². The Morgan fingerprint density at radius 1 is 0.490 bits per heavy atom. The van der Waals surface area contributed by atoms with Crippen molar-refractivity contribution in [3.8, 4) is 11.5 Å². The SMILES string of the molecule is CCCCCCCCCCCC1=c2ccc([nH]2)=C(c2cccc(O)c2)c2ccc([nH]2)C=c2ccc([nH]2)=C(c2cccc(O)c2)c2ccc1[nH]2. The van der Waals surface area contributed by atoms with Gasteiger partial charge in [0.1, 0.15) is 11.5 Å². The Morgan fingerprint density at radius 2 is 1.06 bits per heavy atom. The third-order valence-corrected chi connectivity index (χ3v) is 9.63. The van der Waals surface area contributed by atoms with Gasteiger partial charge in [0.05, 0.1) is 0 Å². The van der Waals surface area contributed by atoms with Crippen LogP contribution in [0.1, 0.15) is 105 Å². The monoisotopic (exact) mass is 650 g/mol. The summed E-state index contributed by atoms with van der Waals surface area (Å²) in [5.74, 6) is 0.466. The molecular formula is C43H46N4O2. The quantitative estimate of drug-likeness (QED) is 0.0792. The maximum Gasteiger partial charge on any atom is 0.116 e. The molecule has 0 saturated carbocycles. The number of nitrogens with one attached hydrogen (secondary N) is 4. The van der Waals surface area contributed by atoms with E-state index in [9.17, 15) is 10.2 Å². The van der Waals surface area contributed by atoms with Gasteiger partial charge in [0, 0.05) is 55.3 Å². The van der Waals surface area contributed by atoms with E-state index in [-0.39, 0.29) is 11.5 Å². The highest BCUT2D eigenvalue weighted by Gasteiger charge is 2.15. The molecule has 1 aliphatic rings. The van der Waals surface area contributed by atoms with E-state index in [4.69, 9.17) is 0 Å². The average Bonchev–Trinajstić information content (AvgIpc) is 3.93. The van der Waals surface area contributed by atoms with Crippen molar-refractivity contribution in [1.82, 2.24) is 19.9 Å². The first-order valence-corrected chi connectivity index (χ1v) is 17.9. The van der Waals surface area contributed by atoms with Crippen LogP contribution in [0.15, 0.2) is 97.1 Å². The van der Waals surface area contributed by atoms with Crippen molar-refractivity contribution in [3.63, 3.8) is 0 Å². The molecule has 5 heterocycles. The van der Waals surface area contributed by atoms with Gasteiger partial charge in [0.15, 0.2) is 0 Å². The number of aromatic nitrogens is 4. The lowest BCUT2D eigenvalue weighted by Gasteiger charge is -2.09. The highest BCUT2D eigenvalue weighted by molar-refractivity contribution is 5.80. The van der Waals surface area contributed by atoms with E-state index < -0.39 is 0 Å². The minimum Gasteiger partial charge on any atom is -0.508 e. The molecule has 0 atom stereocenters. The van der Waals surface area contributed by atoms with Crippen molar-refractivity contribution in [3.05, 3.63) is 152 Å². The largest absolute Gasteiger partial charge is 0.508 e. The van der Waals surface area contributed by atoms with Gasteiger partial charge in [-0.3, -0.25) is 0 Å². The number of unbranched alkanes of at least 4 members (excludes halogenated alkanes) is 8. The number of H-pyrrole nitrogens is 4. The highest BCUT2D eigenvalue weighted by atomic mass is 16.3. The van der Waals surface area contributed by atoms with Crippen LogP contribution in [0.5, 0.6) is 11.5 Å². The van der Waals surface area contributed by atoms with E-state index in [1.165, 1.54) is 56.9 Å². The minimum absolute atomic E-state index is 0.233. The first-order chi connectivity index (χ1) is 24.1. The second-order valence-corrected chi connectivity index (χ2v) is 13.3. The summed E-state index contributed by atoms with van der Waals surface area (Å²) in [6.07, 6.45) is 14.6. The first kappa shape index (κ1) is 32.2. The first-order valence-electron chi connectivity index (χ1n) is 17.9. The molecule has 4 aromatic heterocycles. The number of rotatable bonds is 12. The Labute approximate surface area is 287 Å². The predicted octanol–water partition coefficient (Wildman–Crippen LogP) is 7.17. The fraction of sp³-hybridized carbons (Fsp3) is 0.256. The molecule has 6 aromatic rings. The number of phenols is 2. The molecule has 6 nitrogen and oxygen atoms in total. The van der Waals surface area contributed by atoms with Gasteiger partial charge in [-0.25, -0.2) is 0 Å². The molecular weight excluding hydrogens is 604 g/mol. The molecule has 2 aromatic carbocycles. The number of hydrogen-bond acceptors (Lipinski definition) is 2. The number of fused-ring (bicyclic) bond motifs is 8. The number of hydrogen-bond donors (Lipinski definition) is 6. The molecule has 0 radical (unpaired) electrons. The zero-order chi connectivity index (χ0) is 33.6. The number of benzene rings is 2. The molecule has 250 valence electrons. The lowest BCUT2D eigenvalue weighted by molar-refractivity contribution is 0.474. The summed E-state index contributed by atoms with van der Waals surface area (Å²) >= 11 is 0. The molecule has 0 unspecified atom stereocenters. The number of aromatic amines is 4. The van der Waals surface area contributed by atoms with Crippen LogP contribution in [-0.4, -0.2) is 30.1 Å². The van der Waals surface area contributed by atoms with Gasteiger partial charge in [-0.2, -0.15) is 0 Å². The lowest BCUT2D eigenvalue weighted by atomic mass is 10.0. The third kappa shape index (κ3) is 7.39. The Hall–Kier alpha value is -5.36. The van der Waals surface area contributed by atoms with Crippen LogP contribution in [-0.2, 0) is 0 Å². The molecule has 1 aliphatic heterocycles. The molecule has 8 bridgehead atoms. The standard InChI is InChI=1S/C43H46N4O2/c1-2-3-4-5-6-7-8-9-10-17-35-36-22-24-40(46-36)42(29-13-11-15-33(48)26-29)38-20-18-31(44-38)28-32-19-21-39(45-32)43(41-25-23-37(35)47-41)30-14-12-16-34(49)27-30/h11-16,18-28,44-49H,2-10,17H2,1H3.